The van der Waals surface area contributed by atoms with Crippen molar-refractivity contribution in [3.63, 3.8) is 0 Å². The molecule has 1 amide bonds. The van der Waals surface area contributed by atoms with E-state index in [1.165, 1.54) is 5.69 Å². The number of nitrogens with zero attached hydrogens (tertiary/aromatic N) is 3. The SMILES string of the molecule is CCOC(=O)CCCCC[C@H](C(=O)N1CCN(c2ccccc2)CC1)c1ccc(N(C)C)cc1. The number of rotatable bonds is 11. The van der Waals surface area contributed by atoms with Crippen LogP contribution in [-0.4, -0.2) is 63.7 Å². The standard InChI is InChI=1S/C28H39N3O3/c1-4-34-27(32)14-10-6-9-13-26(23-15-17-24(18-16-23)29(2)3)28(33)31-21-19-30(20-22-31)25-11-7-5-8-12-25/h5,7-8,11-12,15-18,26H,4,6,9-10,13-14,19-22H2,1-3H3/t26-/m0/s1. The van der Waals surface area contributed by atoms with Gasteiger partial charge in [-0.2, -0.15) is 0 Å². The van der Waals surface area contributed by atoms with Gasteiger partial charge in [-0.05, 0) is 49.6 Å². The molecule has 0 saturated carbocycles. The van der Waals surface area contributed by atoms with E-state index in [9.17, 15) is 9.59 Å². The first-order valence-corrected chi connectivity index (χ1v) is 12.5. The van der Waals surface area contributed by atoms with Gasteiger partial charge in [0.1, 0.15) is 0 Å². The lowest BCUT2D eigenvalue weighted by Crippen LogP contribution is -2.50. The van der Waals surface area contributed by atoms with Crippen molar-refractivity contribution in [2.45, 2.75) is 44.9 Å². The number of hydrogen-bond acceptors (Lipinski definition) is 5. The molecule has 1 atom stereocenters. The van der Waals surface area contributed by atoms with Gasteiger partial charge in [0.15, 0.2) is 0 Å². The van der Waals surface area contributed by atoms with Gasteiger partial charge < -0.3 is 19.4 Å². The van der Waals surface area contributed by atoms with Gasteiger partial charge in [0.25, 0.3) is 0 Å². The zero-order valence-electron chi connectivity index (χ0n) is 20.9. The Balaban J connectivity index is 1.61. The maximum atomic E-state index is 13.6. The number of piperazine rings is 1. The second kappa shape index (κ2) is 13.0. The van der Waals surface area contributed by atoms with Gasteiger partial charge in [-0.3, -0.25) is 9.59 Å². The lowest BCUT2D eigenvalue weighted by Gasteiger charge is -2.37. The molecule has 1 saturated heterocycles. The Morgan fingerprint density at radius 3 is 2.21 bits per heavy atom. The maximum Gasteiger partial charge on any atom is 0.305 e. The Morgan fingerprint density at radius 2 is 1.59 bits per heavy atom. The summed E-state index contributed by atoms with van der Waals surface area (Å²) in [6.07, 6.45) is 3.87. The largest absolute Gasteiger partial charge is 0.466 e. The molecule has 1 aliphatic rings. The minimum atomic E-state index is -0.151. The molecule has 1 heterocycles. The lowest BCUT2D eigenvalue weighted by atomic mass is 9.91. The summed E-state index contributed by atoms with van der Waals surface area (Å²) < 4.78 is 5.02. The number of carbonyl (C=O) groups excluding carboxylic acids is 2. The van der Waals surface area contributed by atoms with Crippen LogP contribution < -0.4 is 9.80 Å². The first kappa shape index (κ1) is 25.6. The maximum absolute atomic E-state index is 13.6. The second-order valence-electron chi connectivity index (χ2n) is 9.09. The van der Waals surface area contributed by atoms with E-state index in [-0.39, 0.29) is 17.8 Å². The molecule has 0 bridgehead atoms. The summed E-state index contributed by atoms with van der Waals surface area (Å²) in [4.78, 5) is 31.7. The van der Waals surface area contributed by atoms with Crippen molar-refractivity contribution < 1.29 is 14.3 Å². The fourth-order valence-corrected chi connectivity index (χ4v) is 4.51. The molecule has 0 N–H and O–H groups in total. The fraction of sp³-hybridized carbons (Fsp3) is 0.500. The van der Waals surface area contributed by atoms with Gasteiger partial charge in [-0.15, -0.1) is 0 Å². The Labute approximate surface area is 204 Å². The first-order valence-electron chi connectivity index (χ1n) is 12.5. The molecule has 1 fully saturated rings. The summed E-state index contributed by atoms with van der Waals surface area (Å²) >= 11 is 0. The normalized spacial score (nSPS) is 14.6. The third-order valence-electron chi connectivity index (χ3n) is 6.50. The van der Waals surface area contributed by atoms with E-state index in [4.69, 9.17) is 4.74 Å². The monoisotopic (exact) mass is 465 g/mol. The summed E-state index contributed by atoms with van der Waals surface area (Å²) in [6.45, 7) is 5.43. The van der Waals surface area contributed by atoms with Crippen molar-refractivity contribution in [2.75, 3.05) is 56.7 Å². The Kier molecular flexibility index (Phi) is 9.80. The molecule has 0 unspecified atom stereocenters. The highest BCUT2D eigenvalue weighted by Crippen LogP contribution is 2.28. The van der Waals surface area contributed by atoms with Gasteiger partial charge in [-0.1, -0.05) is 43.2 Å². The molecular weight excluding hydrogens is 426 g/mol. The lowest BCUT2D eigenvalue weighted by molar-refractivity contribution is -0.143. The van der Waals surface area contributed by atoms with Crippen LogP contribution >= 0.6 is 0 Å². The van der Waals surface area contributed by atoms with Crippen molar-refractivity contribution in [1.82, 2.24) is 4.90 Å². The van der Waals surface area contributed by atoms with Gasteiger partial charge in [0, 0.05) is 58.1 Å². The summed E-state index contributed by atoms with van der Waals surface area (Å²) in [5, 5.41) is 0. The molecule has 0 radical (unpaired) electrons. The average molecular weight is 466 g/mol. The van der Waals surface area contributed by atoms with Crippen molar-refractivity contribution >= 4 is 23.3 Å². The number of carbonyl (C=O) groups is 2. The van der Waals surface area contributed by atoms with Crippen LogP contribution in [0.1, 0.15) is 50.5 Å². The number of ether oxygens (including phenoxy) is 1. The van der Waals surface area contributed by atoms with Crippen LogP contribution in [0.25, 0.3) is 0 Å². The number of anilines is 2. The predicted molar refractivity (Wildman–Crippen MR) is 138 cm³/mol. The second-order valence-corrected chi connectivity index (χ2v) is 9.09. The van der Waals surface area contributed by atoms with Gasteiger partial charge in [0.2, 0.25) is 5.91 Å². The van der Waals surface area contributed by atoms with Crippen molar-refractivity contribution in [1.29, 1.82) is 0 Å². The average Bonchev–Trinajstić information content (AvgIpc) is 2.87. The molecule has 6 heteroatoms. The molecule has 2 aromatic carbocycles. The Hall–Kier alpha value is -3.02. The molecule has 0 aromatic heterocycles. The predicted octanol–water partition coefficient (Wildman–Crippen LogP) is 4.70. The van der Waals surface area contributed by atoms with Gasteiger partial charge in [-0.25, -0.2) is 0 Å². The highest BCUT2D eigenvalue weighted by atomic mass is 16.5. The van der Waals surface area contributed by atoms with Crippen LogP contribution in [0.3, 0.4) is 0 Å². The quantitative estimate of drug-likeness (QED) is 0.356. The van der Waals surface area contributed by atoms with Crippen LogP contribution in [0.5, 0.6) is 0 Å². The summed E-state index contributed by atoms with van der Waals surface area (Å²) in [5.74, 6) is -0.0662. The number of benzene rings is 2. The summed E-state index contributed by atoms with van der Waals surface area (Å²) in [6, 6.07) is 18.8. The van der Waals surface area contributed by atoms with Crippen LogP contribution in [-0.2, 0) is 14.3 Å². The number of hydrogen-bond donors (Lipinski definition) is 0. The third-order valence-corrected chi connectivity index (χ3v) is 6.50. The zero-order chi connectivity index (χ0) is 24.3. The third kappa shape index (κ3) is 7.24. The van der Waals surface area contributed by atoms with Gasteiger partial charge >= 0.3 is 5.97 Å². The molecule has 184 valence electrons. The zero-order valence-corrected chi connectivity index (χ0v) is 20.9. The van der Waals surface area contributed by atoms with Crippen molar-refractivity contribution in [3.05, 3.63) is 60.2 Å². The minimum absolute atomic E-state index is 0.134. The molecule has 6 nitrogen and oxygen atoms in total. The smallest absolute Gasteiger partial charge is 0.305 e. The Bertz CT molecular complexity index is 891. The van der Waals surface area contributed by atoms with Crippen molar-refractivity contribution in [3.8, 4) is 0 Å². The molecule has 1 aliphatic heterocycles. The Morgan fingerprint density at radius 1 is 0.912 bits per heavy atom. The van der Waals surface area contributed by atoms with E-state index in [0.717, 1.165) is 63.1 Å². The van der Waals surface area contributed by atoms with Gasteiger partial charge in [0.05, 0.1) is 12.5 Å². The number of para-hydroxylation sites is 1. The molecular formula is C28H39N3O3. The van der Waals surface area contributed by atoms with Crippen LogP contribution in [0, 0.1) is 0 Å². The van der Waals surface area contributed by atoms with Crippen molar-refractivity contribution in [2.24, 2.45) is 0 Å². The topological polar surface area (TPSA) is 53.1 Å². The molecule has 0 aliphatic carbocycles. The summed E-state index contributed by atoms with van der Waals surface area (Å²) in [5.41, 5.74) is 3.42. The molecule has 3 rings (SSSR count). The number of amides is 1. The minimum Gasteiger partial charge on any atom is -0.466 e. The van der Waals surface area contributed by atoms with E-state index in [0.29, 0.717) is 13.0 Å². The highest BCUT2D eigenvalue weighted by molar-refractivity contribution is 5.84. The number of esters is 1. The van der Waals surface area contributed by atoms with E-state index >= 15 is 0 Å². The first-order chi connectivity index (χ1) is 16.5. The molecule has 34 heavy (non-hydrogen) atoms. The van der Waals surface area contributed by atoms with E-state index in [1.54, 1.807) is 0 Å². The van der Waals surface area contributed by atoms with Crippen LogP contribution in [0.15, 0.2) is 54.6 Å². The van der Waals surface area contributed by atoms with Crippen LogP contribution in [0.4, 0.5) is 11.4 Å². The van der Waals surface area contributed by atoms with E-state index in [1.807, 2.05) is 32.0 Å². The fourth-order valence-electron chi connectivity index (χ4n) is 4.51. The van der Waals surface area contributed by atoms with E-state index < -0.39 is 0 Å². The number of unbranched alkanes of at least 4 members (excludes halogenated alkanes) is 2. The highest BCUT2D eigenvalue weighted by Gasteiger charge is 2.28. The molecule has 0 spiro atoms. The van der Waals surface area contributed by atoms with Crippen LogP contribution in [0.2, 0.25) is 0 Å². The summed E-state index contributed by atoms with van der Waals surface area (Å²) in [7, 11) is 4.04. The van der Waals surface area contributed by atoms with E-state index in [2.05, 4.69) is 58.3 Å². The molecule has 2 aromatic rings.